The van der Waals surface area contributed by atoms with Crippen LogP contribution in [0.3, 0.4) is 0 Å². The van der Waals surface area contributed by atoms with Crippen LogP contribution in [-0.2, 0) is 14.2 Å². The van der Waals surface area contributed by atoms with Crippen molar-refractivity contribution in [3.8, 4) is 0 Å². The van der Waals surface area contributed by atoms with Crippen molar-refractivity contribution in [2.45, 2.75) is 32.6 Å². The molecular formula is C11H22N2O4. The number of amides is 2. The first-order valence-corrected chi connectivity index (χ1v) is 6.11. The number of nitrogens with one attached hydrogen (secondary N) is 2. The van der Waals surface area contributed by atoms with Crippen LogP contribution in [-0.4, -0.2) is 51.3 Å². The third kappa shape index (κ3) is 5.86. The van der Waals surface area contributed by atoms with Gasteiger partial charge in [0, 0.05) is 19.8 Å². The first-order chi connectivity index (χ1) is 8.26. The van der Waals surface area contributed by atoms with Gasteiger partial charge in [0.1, 0.15) is 0 Å². The molecule has 2 amide bonds. The summed E-state index contributed by atoms with van der Waals surface area (Å²) in [5.74, 6) is 0. The van der Waals surface area contributed by atoms with Crippen LogP contribution in [0.1, 0.15) is 20.3 Å². The summed E-state index contributed by atoms with van der Waals surface area (Å²) >= 11 is 0. The first-order valence-electron chi connectivity index (χ1n) is 6.11. The van der Waals surface area contributed by atoms with E-state index >= 15 is 0 Å². The SMILES string of the molecule is CCOC(CNC(=O)NC1CCOC1)OCC. The van der Waals surface area contributed by atoms with Gasteiger partial charge in [0.2, 0.25) is 0 Å². The first kappa shape index (κ1) is 14.2. The van der Waals surface area contributed by atoms with Crippen molar-refractivity contribution in [1.82, 2.24) is 10.6 Å². The second-order valence-electron chi connectivity index (χ2n) is 3.76. The van der Waals surface area contributed by atoms with Crippen LogP contribution >= 0.6 is 0 Å². The summed E-state index contributed by atoms with van der Waals surface area (Å²) in [5.41, 5.74) is 0. The smallest absolute Gasteiger partial charge is 0.315 e. The predicted octanol–water partition coefficient (Wildman–Crippen LogP) is 0.474. The lowest BCUT2D eigenvalue weighted by Crippen LogP contribution is -2.45. The van der Waals surface area contributed by atoms with Crippen molar-refractivity contribution in [3.63, 3.8) is 0 Å². The van der Waals surface area contributed by atoms with Crippen molar-refractivity contribution < 1.29 is 19.0 Å². The fourth-order valence-corrected chi connectivity index (χ4v) is 1.60. The highest BCUT2D eigenvalue weighted by molar-refractivity contribution is 5.74. The van der Waals surface area contributed by atoms with Gasteiger partial charge >= 0.3 is 6.03 Å². The standard InChI is InChI=1S/C11H22N2O4/c1-3-16-10(17-4-2)7-12-11(14)13-9-5-6-15-8-9/h9-10H,3-8H2,1-2H3,(H2,12,13,14). The van der Waals surface area contributed by atoms with Crippen molar-refractivity contribution in [1.29, 1.82) is 0 Å². The van der Waals surface area contributed by atoms with Gasteiger partial charge in [-0.25, -0.2) is 4.79 Å². The highest BCUT2D eigenvalue weighted by Crippen LogP contribution is 2.02. The van der Waals surface area contributed by atoms with Gasteiger partial charge in [0.15, 0.2) is 6.29 Å². The Balaban J connectivity index is 2.15. The molecule has 0 aromatic carbocycles. The fraction of sp³-hybridized carbons (Fsp3) is 0.909. The van der Waals surface area contributed by atoms with Crippen LogP contribution in [0.2, 0.25) is 0 Å². The molecule has 0 bridgehead atoms. The van der Waals surface area contributed by atoms with E-state index in [0.717, 1.165) is 6.42 Å². The minimum atomic E-state index is -0.379. The van der Waals surface area contributed by atoms with Crippen LogP contribution in [0.5, 0.6) is 0 Å². The van der Waals surface area contributed by atoms with E-state index in [0.29, 0.717) is 33.0 Å². The Bertz CT molecular complexity index is 214. The van der Waals surface area contributed by atoms with E-state index in [4.69, 9.17) is 14.2 Å². The number of hydrogen-bond acceptors (Lipinski definition) is 4. The summed E-state index contributed by atoms with van der Waals surface area (Å²) < 4.78 is 15.8. The molecule has 1 atom stereocenters. The zero-order chi connectivity index (χ0) is 12.5. The number of urea groups is 1. The molecule has 1 rings (SSSR count). The van der Waals surface area contributed by atoms with E-state index < -0.39 is 0 Å². The number of hydrogen-bond donors (Lipinski definition) is 2. The van der Waals surface area contributed by atoms with Gasteiger partial charge in [0.05, 0.1) is 19.2 Å². The molecule has 1 aliphatic rings. The molecule has 1 saturated heterocycles. The quantitative estimate of drug-likeness (QED) is 0.641. The second kappa shape index (κ2) is 8.27. The molecular weight excluding hydrogens is 224 g/mol. The Morgan fingerprint density at radius 1 is 1.41 bits per heavy atom. The molecule has 1 heterocycles. The van der Waals surface area contributed by atoms with Crippen LogP contribution in [0.25, 0.3) is 0 Å². The zero-order valence-electron chi connectivity index (χ0n) is 10.5. The molecule has 1 fully saturated rings. The maximum absolute atomic E-state index is 11.5. The van der Waals surface area contributed by atoms with Crippen molar-refractivity contribution >= 4 is 6.03 Å². The molecule has 0 aliphatic carbocycles. The number of rotatable bonds is 7. The molecule has 17 heavy (non-hydrogen) atoms. The van der Waals surface area contributed by atoms with Gasteiger partial charge in [-0.2, -0.15) is 0 Å². The monoisotopic (exact) mass is 246 g/mol. The topological polar surface area (TPSA) is 68.8 Å². The molecule has 0 saturated carbocycles. The summed E-state index contributed by atoms with van der Waals surface area (Å²) in [6.45, 7) is 6.55. The predicted molar refractivity (Wildman–Crippen MR) is 62.8 cm³/mol. The Hall–Kier alpha value is -0.850. The van der Waals surface area contributed by atoms with E-state index in [1.54, 1.807) is 0 Å². The average molecular weight is 246 g/mol. The largest absolute Gasteiger partial charge is 0.379 e. The average Bonchev–Trinajstić information content (AvgIpc) is 2.79. The van der Waals surface area contributed by atoms with Gasteiger partial charge < -0.3 is 24.8 Å². The van der Waals surface area contributed by atoms with E-state index in [1.165, 1.54) is 0 Å². The summed E-state index contributed by atoms with van der Waals surface area (Å²) in [7, 11) is 0. The van der Waals surface area contributed by atoms with Gasteiger partial charge in [-0.1, -0.05) is 0 Å². The Morgan fingerprint density at radius 2 is 2.12 bits per heavy atom. The minimum Gasteiger partial charge on any atom is -0.379 e. The highest BCUT2D eigenvalue weighted by Gasteiger charge is 2.18. The summed E-state index contributed by atoms with van der Waals surface area (Å²) in [6, 6.07) is -0.0856. The second-order valence-corrected chi connectivity index (χ2v) is 3.76. The number of carbonyl (C=O) groups excluding carboxylic acids is 1. The summed E-state index contributed by atoms with van der Waals surface area (Å²) in [6.07, 6.45) is 0.490. The molecule has 0 aromatic rings. The Kier molecular flexibility index (Phi) is 6.91. The normalized spacial score (nSPS) is 19.6. The summed E-state index contributed by atoms with van der Waals surface area (Å²) in [5, 5.41) is 5.56. The fourth-order valence-electron chi connectivity index (χ4n) is 1.60. The minimum absolute atomic E-state index is 0.118. The third-order valence-electron chi connectivity index (χ3n) is 2.40. The third-order valence-corrected chi connectivity index (χ3v) is 2.40. The molecule has 0 radical (unpaired) electrons. The van der Waals surface area contributed by atoms with Crippen molar-refractivity contribution in [3.05, 3.63) is 0 Å². The molecule has 0 spiro atoms. The maximum Gasteiger partial charge on any atom is 0.315 e. The molecule has 6 nitrogen and oxygen atoms in total. The van der Waals surface area contributed by atoms with Crippen LogP contribution in [0, 0.1) is 0 Å². The number of carbonyl (C=O) groups is 1. The molecule has 1 aliphatic heterocycles. The summed E-state index contributed by atoms with van der Waals surface area (Å²) in [4.78, 5) is 11.5. The lowest BCUT2D eigenvalue weighted by molar-refractivity contribution is -0.131. The Labute approximate surface area is 102 Å². The van der Waals surface area contributed by atoms with E-state index in [9.17, 15) is 4.79 Å². The van der Waals surface area contributed by atoms with Gasteiger partial charge in [-0.3, -0.25) is 0 Å². The molecule has 100 valence electrons. The lowest BCUT2D eigenvalue weighted by atomic mass is 10.3. The van der Waals surface area contributed by atoms with Crippen molar-refractivity contribution in [2.24, 2.45) is 0 Å². The Morgan fingerprint density at radius 3 is 2.65 bits per heavy atom. The highest BCUT2D eigenvalue weighted by atomic mass is 16.7. The van der Waals surface area contributed by atoms with Crippen LogP contribution in [0.15, 0.2) is 0 Å². The van der Waals surface area contributed by atoms with Crippen LogP contribution < -0.4 is 10.6 Å². The molecule has 6 heteroatoms. The molecule has 2 N–H and O–H groups in total. The van der Waals surface area contributed by atoms with Crippen LogP contribution in [0.4, 0.5) is 4.79 Å². The van der Waals surface area contributed by atoms with Crippen molar-refractivity contribution in [2.75, 3.05) is 33.0 Å². The molecule has 1 unspecified atom stereocenters. The zero-order valence-corrected chi connectivity index (χ0v) is 10.5. The molecule has 0 aromatic heterocycles. The van der Waals surface area contributed by atoms with E-state index in [2.05, 4.69) is 10.6 Å². The lowest BCUT2D eigenvalue weighted by Gasteiger charge is -2.18. The maximum atomic E-state index is 11.5. The van der Waals surface area contributed by atoms with Gasteiger partial charge in [-0.15, -0.1) is 0 Å². The van der Waals surface area contributed by atoms with Gasteiger partial charge in [-0.05, 0) is 20.3 Å². The van der Waals surface area contributed by atoms with Gasteiger partial charge in [0.25, 0.3) is 0 Å². The number of ether oxygens (including phenoxy) is 3. The van der Waals surface area contributed by atoms with E-state index in [1.807, 2.05) is 13.8 Å². The van der Waals surface area contributed by atoms with E-state index in [-0.39, 0.29) is 18.4 Å².